The van der Waals surface area contributed by atoms with Gasteiger partial charge in [0.25, 0.3) is 5.91 Å². The van der Waals surface area contributed by atoms with Crippen molar-refractivity contribution in [2.24, 2.45) is 4.99 Å². The Morgan fingerprint density at radius 3 is 2.36 bits per heavy atom. The summed E-state index contributed by atoms with van der Waals surface area (Å²) in [6.45, 7) is 0.786. The first kappa shape index (κ1) is 31.3. The van der Waals surface area contributed by atoms with E-state index in [1.54, 1.807) is 14.2 Å². The molecule has 5 rings (SSSR count). The van der Waals surface area contributed by atoms with Crippen molar-refractivity contribution in [3.8, 4) is 17.2 Å². The van der Waals surface area contributed by atoms with Crippen LogP contribution in [0.3, 0.4) is 0 Å². The van der Waals surface area contributed by atoms with Gasteiger partial charge >= 0.3 is 0 Å². The topological polar surface area (TPSA) is 98.6 Å². The molecule has 1 aliphatic heterocycles. The van der Waals surface area contributed by atoms with Gasteiger partial charge in [-0.05, 0) is 65.2 Å². The lowest BCUT2D eigenvalue weighted by Gasteiger charge is -2.30. The number of nitrogens with zero attached hydrogens (tertiary/aromatic N) is 1. The summed E-state index contributed by atoms with van der Waals surface area (Å²) in [6.07, 6.45) is 4.06. The van der Waals surface area contributed by atoms with Gasteiger partial charge in [-0.1, -0.05) is 66.7 Å². The summed E-state index contributed by atoms with van der Waals surface area (Å²) in [5.41, 5.74) is 2.11. The van der Waals surface area contributed by atoms with Crippen LogP contribution < -0.4 is 19.5 Å². The number of rotatable bonds is 14. The van der Waals surface area contributed by atoms with Crippen molar-refractivity contribution in [3.63, 3.8) is 0 Å². The van der Waals surface area contributed by atoms with Crippen molar-refractivity contribution in [3.05, 3.63) is 131 Å². The minimum Gasteiger partial charge on any atom is -0.497 e. The normalized spacial score (nSPS) is 17.4. The van der Waals surface area contributed by atoms with E-state index in [-0.39, 0.29) is 18.9 Å². The molecular weight excluding hydrogens is 568 g/mol. The number of aliphatic hydroxyl groups excluding tert-OH is 1. The lowest BCUT2D eigenvalue weighted by Crippen LogP contribution is -2.47. The number of carbonyl (C=O) groups is 1. The van der Waals surface area contributed by atoms with Crippen molar-refractivity contribution >= 4 is 17.9 Å². The quantitative estimate of drug-likeness (QED) is 0.167. The smallest absolute Gasteiger partial charge is 0.252 e. The number of carbonyl (C=O) groups excluding carboxylic acids is 1. The fraction of sp³-hybridized carbons (Fsp3) is 0.243. The summed E-state index contributed by atoms with van der Waals surface area (Å²) in [7, 11) is 3.23. The van der Waals surface area contributed by atoms with Gasteiger partial charge in [0.1, 0.15) is 17.2 Å². The second-order valence-corrected chi connectivity index (χ2v) is 10.6. The van der Waals surface area contributed by atoms with Crippen LogP contribution in [0.25, 0.3) is 6.08 Å². The third-order valence-corrected chi connectivity index (χ3v) is 7.58. The second-order valence-electron chi connectivity index (χ2n) is 10.6. The molecule has 0 radical (unpaired) electrons. The molecule has 0 aromatic heterocycles. The van der Waals surface area contributed by atoms with Crippen LogP contribution in [0, 0.1) is 0 Å². The van der Waals surface area contributed by atoms with Crippen molar-refractivity contribution < 1.29 is 28.8 Å². The summed E-state index contributed by atoms with van der Waals surface area (Å²) in [6, 6.07) is 32.4. The van der Waals surface area contributed by atoms with Gasteiger partial charge in [-0.15, -0.1) is 0 Å². The number of methoxy groups -OCH3 is 2. The van der Waals surface area contributed by atoms with Crippen LogP contribution in [0.1, 0.15) is 41.2 Å². The second kappa shape index (κ2) is 15.1. The van der Waals surface area contributed by atoms with E-state index >= 15 is 0 Å². The van der Waals surface area contributed by atoms with Gasteiger partial charge < -0.3 is 29.4 Å². The highest BCUT2D eigenvalue weighted by Gasteiger charge is 2.52. The molecule has 232 valence electrons. The van der Waals surface area contributed by atoms with Crippen LogP contribution in [-0.4, -0.2) is 49.9 Å². The molecule has 4 aromatic rings. The Labute approximate surface area is 264 Å². The van der Waals surface area contributed by atoms with Crippen LogP contribution in [0.2, 0.25) is 0 Å². The van der Waals surface area contributed by atoms with Gasteiger partial charge in [-0.3, -0.25) is 4.79 Å². The summed E-state index contributed by atoms with van der Waals surface area (Å²) in [5, 5.41) is 12.2. The first-order chi connectivity index (χ1) is 22.0. The summed E-state index contributed by atoms with van der Waals surface area (Å²) < 4.78 is 23.1. The molecule has 8 heteroatoms. The average molecular weight is 607 g/mol. The Kier molecular flexibility index (Phi) is 10.5. The van der Waals surface area contributed by atoms with Crippen LogP contribution in [0.15, 0.2) is 114 Å². The van der Waals surface area contributed by atoms with E-state index in [1.807, 2.05) is 115 Å². The highest BCUT2D eigenvalue weighted by Crippen LogP contribution is 2.43. The zero-order valence-corrected chi connectivity index (χ0v) is 25.5. The maximum absolute atomic E-state index is 14.4. The fourth-order valence-corrected chi connectivity index (χ4v) is 5.14. The minimum absolute atomic E-state index is 0.0652. The molecule has 45 heavy (non-hydrogen) atoms. The van der Waals surface area contributed by atoms with Gasteiger partial charge in [0.05, 0.1) is 20.8 Å². The van der Waals surface area contributed by atoms with Gasteiger partial charge in [0, 0.05) is 31.6 Å². The molecule has 1 aliphatic rings. The summed E-state index contributed by atoms with van der Waals surface area (Å²) in [5.74, 6) is 2.17. The average Bonchev–Trinajstić information content (AvgIpc) is 3.49. The third kappa shape index (κ3) is 7.72. The van der Waals surface area contributed by atoms with Crippen molar-refractivity contribution in [2.75, 3.05) is 27.4 Å². The minimum atomic E-state index is -1.32. The largest absolute Gasteiger partial charge is 0.497 e. The molecule has 0 aliphatic carbocycles. The number of benzene rings is 4. The molecule has 1 amide bonds. The molecule has 8 nitrogen and oxygen atoms in total. The zero-order valence-electron chi connectivity index (χ0n) is 25.5. The SMILES string of the molecule is COc1ccc(CNC(=O)[C@]2(C/C=C/c3ccccc3)N=C(c3ccc(OCCCO)cc3)O[C@@H]2c2cccc(OC)c2)cc1. The van der Waals surface area contributed by atoms with E-state index in [1.165, 1.54) is 0 Å². The van der Waals surface area contributed by atoms with Crippen LogP contribution >= 0.6 is 0 Å². The van der Waals surface area contributed by atoms with Gasteiger partial charge in [0.2, 0.25) is 5.90 Å². The van der Waals surface area contributed by atoms with E-state index < -0.39 is 11.6 Å². The number of nitrogens with one attached hydrogen (secondary N) is 1. The first-order valence-corrected chi connectivity index (χ1v) is 14.9. The Morgan fingerprint density at radius 1 is 0.911 bits per heavy atom. The Morgan fingerprint density at radius 2 is 1.64 bits per heavy atom. The van der Waals surface area contributed by atoms with Gasteiger partial charge in [-0.2, -0.15) is 0 Å². The van der Waals surface area contributed by atoms with Crippen molar-refractivity contribution in [2.45, 2.75) is 31.0 Å². The van der Waals surface area contributed by atoms with Crippen LogP contribution in [0.4, 0.5) is 0 Å². The molecule has 2 atom stereocenters. The Balaban J connectivity index is 1.52. The molecule has 0 spiro atoms. The highest BCUT2D eigenvalue weighted by molar-refractivity contribution is 6.01. The molecule has 4 aromatic carbocycles. The monoisotopic (exact) mass is 606 g/mol. The fourth-order valence-electron chi connectivity index (χ4n) is 5.14. The zero-order chi connectivity index (χ0) is 31.5. The lowest BCUT2D eigenvalue weighted by atomic mass is 9.84. The van der Waals surface area contributed by atoms with E-state index in [9.17, 15) is 4.79 Å². The van der Waals surface area contributed by atoms with Crippen molar-refractivity contribution in [1.29, 1.82) is 0 Å². The van der Waals surface area contributed by atoms with Crippen LogP contribution in [-0.2, 0) is 16.1 Å². The standard InChI is InChI=1S/C37H38N2O6/c1-42-31-18-14-28(15-19-31)26-38-36(41)37(22-7-11-27-9-4-3-5-10-27)34(30-12-6-13-33(25-30)43-2)45-35(39-37)29-16-20-32(21-17-29)44-24-8-23-40/h3-7,9-21,25,34,40H,8,22-24,26H2,1-2H3,(H,38,41)/b11-7+/t34-,37-/m1/s1. The van der Waals surface area contributed by atoms with E-state index in [0.717, 1.165) is 22.4 Å². The Hall–Kier alpha value is -5.08. The number of aliphatic hydroxyl groups is 1. The van der Waals surface area contributed by atoms with Crippen LogP contribution in [0.5, 0.6) is 17.2 Å². The van der Waals surface area contributed by atoms with E-state index in [4.69, 9.17) is 29.0 Å². The molecule has 0 bridgehead atoms. The first-order valence-electron chi connectivity index (χ1n) is 14.9. The summed E-state index contributed by atoms with van der Waals surface area (Å²) in [4.78, 5) is 19.5. The number of hydrogen-bond donors (Lipinski definition) is 2. The van der Waals surface area contributed by atoms with Gasteiger partial charge in [0.15, 0.2) is 11.6 Å². The van der Waals surface area contributed by atoms with E-state index in [2.05, 4.69) is 5.32 Å². The third-order valence-electron chi connectivity index (χ3n) is 7.58. The number of hydrogen-bond acceptors (Lipinski definition) is 7. The summed E-state index contributed by atoms with van der Waals surface area (Å²) >= 11 is 0. The molecule has 0 saturated carbocycles. The van der Waals surface area contributed by atoms with E-state index in [0.29, 0.717) is 42.5 Å². The van der Waals surface area contributed by atoms with Crippen molar-refractivity contribution in [1.82, 2.24) is 5.32 Å². The molecular formula is C37H38N2O6. The Bertz CT molecular complexity index is 1600. The lowest BCUT2D eigenvalue weighted by molar-refractivity contribution is -0.129. The number of aliphatic imine (C=N–C) groups is 1. The number of amides is 1. The molecule has 2 N–H and O–H groups in total. The van der Waals surface area contributed by atoms with Gasteiger partial charge in [-0.25, -0.2) is 4.99 Å². The molecule has 1 heterocycles. The molecule has 0 fully saturated rings. The number of ether oxygens (including phenoxy) is 4. The molecule has 0 unspecified atom stereocenters. The maximum Gasteiger partial charge on any atom is 0.252 e. The maximum atomic E-state index is 14.4. The predicted octanol–water partition coefficient (Wildman–Crippen LogP) is 6.14. The predicted molar refractivity (Wildman–Crippen MR) is 175 cm³/mol. The molecule has 0 saturated heterocycles. The highest BCUT2D eigenvalue weighted by atomic mass is 16.5.